The third kappa shape index (κ3) is 3.28. The zero-order valence-electron chi connectivity index (χ0n) is 10.3. The Morgan fingerprint density at radius 3 is 2.58 bits per heavy atom. The summed E-state index contributed by atoms with van der Waals surface area (Å²) in [5.41, 5.74) is 5.55. The normalized spacial score (nSPS) is 10.5. The molecular formula is C11H11F2N5S. The highest BCUT2D eigenvalue weighted by Crippen LogP contribution is 2.28. The number of aromatic nitrogens is 3. The lowest BCUT2D eigenvalue weighted by Gasteiger charge is -2.11. The van der Waals surface area contributed by atoms with Gasteiger partial charge in [-0.25, -0.2) is 8.78 Å². The zero-order chi connectivity index (χ0) is 14.0. The first kappa shape index (κ1) is 13.5. The van der Waals surface area contributed by atoms with E-state index >= 15 is 0 Å². The number of nitrogen functional groups attached to an aromatic ring is 1. The van der Waals surface area contributed by atoms with Crippen LogP contribution in [0.2, 0.25) is 0 Å². The van der Waals surface area contributed by atoms with E-state index in [0.717, 1.165) is 30.0 Å². The lowest BCUT2D eigenvalue weighted by molar-refractivity contribution is 0.577. The molecule has 0 atom stereocenters. The first-order valence-electron chi connectivity index (χ1n) is 5.27. The number of hydrogen-bond acceptors (Lipinski definition) is 6. The molecule has 0 bridgehead atoms. The van der Waals surface area contributed by atoms with E-state index in [1.165, 1.54) is 0 Å². The smallest absolute Gasteiger partial charge is 0.230 e. The molecule has 2 N–H and O–H groups in total. The largest absolute Gasteiger partial charge is 0.368 e. The second-order valence-electron chi connectivity index (χ2n) is 3.85. The molecule has 100 valence electrons. The fourth-order valence-corrected chi connectivity index (χ4v) is 2.06. The summed E-state index contributed by atoms with van der Waals surface area (Å²) in [5.74, 6) is -0.694. The molecule has 0 saturated carbocycles. The fraction of sp³-hybridized carbons (Fsp3) is 0.182. The van der Waals surface area contributed by atoms with Gasteiger partial charge in [-0.05, 0) is 30.0 Å². The number of halogens is 2. The van der Waals surface area contributed by atoms with Crippen LogP contribution in [0.3, 0.4) is 0 Å². The molecule has 0 aliphatic rings. The monoisotopic (exact) mass is 283 g/mol. The highest BCUT2D eigenvalue weighted by molar-refractivity contribution is 7.99. The highest BCUT2D eigenvalue weighted by Gasteiger charge is 2.11. The molecule has 0 spiro atoms. The van der Waals surface area contributed by atoms with E-state index in [0.29, 0.717) is 5.95 Å². The Kier molecular flexibility index (Phi) is 3.79. The minimum Gasteiger partial charge on any atom is -0.368 e. The number of anilines is 2. The molecule has 0 radical (unpaired) electrons. The van der Waals surface area contributed by atoms with Gasteiger partial charge in [-0.1, -0.05) is 0 Å². The topological polar surface area (TPSA) is 67.9 Å². The molecule has 1 heterocycles. The van der Waals surface area contributed by atoms with Crippen LogP contribution in [0, 0.1) is 11.6 Å². The van der Waals surface area contributed by atoms with Crippen molar-refractivity contribution in [2.45, 2.75) is 10.1 Å². The lowest BCUT2D eigenvalue weighted by atomic mass is 10.3. The van der Waals surface area contributed by atoms with E-state index in [9.17, 15) is 8.78 Å². The van der Waals surface area contributed by atoms with Crippen LogP contribution in [0.1, 0.15) is 0 Å². The molecule has 0 aliphatic heterocycles. The summed E-state index contributed by atoms with van der Waals surface area (Å²) in [5, 5.41) is 0.209. The van der Waals surface area contributed by atoms with Crippen molar-refractivity contribution in [3.63, 3.8) is 0 Å². The molecule has 2 rings (SSSR count). The molecule has 19 heavy (non-hydrogen) atoms. The minimum atomic E-state index is -0.545. The van der Waals surface area contributed by atoms with Crippen molar-refractivity contribution < 1.29 is 8.78 Å². The Balaban J connectivity index is 2.35. The lowest BCUT2D eigenvalue weighted by Crippen LogP contribution is -2.15. The van der Waals surface area contributed by atoms with Crippen molar-refractivity contribution in [1.82, 2.24) is 15.0 Å². The number of nitrogens with two attached hydrogens (primary N) is 1. The van der Waals surface area contributed by atoms with E-state index in [2.05, 4.69) is 15.0 Å². The molecule has 5 nitrogen and oxygen atoms in total. The SMILES string of the molecule is CN(C)c1nc(N)nc(Sc2cc(F)ccc2F)n1. The van der Waals surface area contributed by atoms with Crippen LogP contribution in [0.5, 0.6) is 0 Å². The summed E-state index contributed by atoms with van der Waals surface area (Å²) >= 11 is 0.890. The van der Waals surface area contributed by atoms with Gasteiger partial charge in [-0.15, -0.1) is 0 Å². The van der Waals surface area contributed by atoms with Gasteiger partial charge >= 0.3 is 0 Å². The van der Waals surface area contributed by atoms with Gasteiger partial charge in [0.15, 0.2) is 5.16 Å². The van der Waals surface area contributed by atoms with Crippen LogP contribution < -0.4 is 10.6 Å². The van der Waals surface area contributed by atoms with Gasteiger partial charge in [-0.2, -0.15) is 15.0 Å². The van der Waals surface area contributed by atoms with Crippen LogP contribution in [-0.4, -0.2) is 29.0 Å². The summed E-state index contributed by atoms with van der Waals surface area (Å²) in [4.78, 5) is 13.6. The van der Waals surface area contributed by atoms with E-state index in [4.69, 9.17) is 5.73 Å². The summed E-state index contributed by atoms with van der Waals surface area (Å²) < 4.78 is 26.6. The van der Waals surface area contributed by atoms with Crippen LogP contribution in [0.4, 0.5) is 20.7 Å². The number of rotatable bonds is 3. The third-order valence-corrected chi connectivity index (χ3v) is 3.01. The standard InChI is InChI=1S/C11H11F2N5S/c1-18(2)10-15-9(14)16-11(17-10)19-8-5-6(12)3-4-7(8)13/h3-5H,1-2H3,(H2,14,15,16,17). The summed E-state index contributed by atoms with van der Waals surface area (Å²) in [7, 11) is 3.48. The first-order valence-corrected chi connectivity index (χ1v) is 6.09. The number of benzene rings is 1. The maximum Gasteiger partial charge on any atom is 0.230 e. The van der Waals surface area contributed by atoms with Gasteiger partial charge in [0.25, 0.3) is 0 Å². The molecule has 0 fully saturated rings. The molecule has 1 aromatic carbocycles. The fourth-order valence-electron chi connectivity index (χ4n) is 1.26. The van der Waals surface area contributed by atoms with Gasteiger partial charge in [0.1, 0.15) is 11.6 Å². The van der Waals surface area contributed by atoms with Crippen LogP contribution in [0.15, 0.2) is 28.3 Å². The van der Waals surface area contributed by atoms with Crippen LogP contribution in [-0.2, 0) is 0 Å². The average Bonchev–Trinajstić information content (AvgIpc) is 2.33. The van der Waals surface area contributed by atoms with Gasteiger partial charge in [0, 0.05) is 14.1 Å². The van der Waals surface area contributed by atoms with Crippen molar-refractivity contribution in [1.29, 1.82) is 0 Å². The van der Waals surface area contributed by atoms with Crippen molar-refractivity contribution in [3.8, 4) is 0 Å². The minimum absolute atomic E-state index is 0.0259. The van der Waals surface area contributed by atoms with E-state index in [-0.39, 0.29) is 16.0 Å². The Labute approximate surface area is 112 Å². The average molecular weight is 283 g/mol. The molecule has 1 aromatic heterocycles. The van der Waals surface area contributed by atoms with Crippen molar-refractivity contribution >= 4 is 23.7 Å². The Morgan fingerprint density at radius 2 is 1.89 bits per heavy atom. The third-order valence-electron chi connectivity index (χ3n) is 2.11. The maximum atomic E-state index is 13.5. The molecular weight excluding hydrogens is 272 g/mol. The summed E-state index contributed by atoms with van der Waals surface area (Å²) in [6.45, 7) is 0. The molecule has 8 heteroatoms. The predicted octanol–water partition coefficient (Wildman–Crippen LogP) is 1.95. The molecule has 0 unspecified atom stereocenters. The van der Waals surface area contributed by atoms with E-state index in [1.807, 2.05) is 0 Å². The Bertz CT molecular complexity index is 606. The zero-order valence-corrected chi connectivity index (χ0v) is 11.1. The Hall–Kier alpha value is -1.96. The summed E-state index contributed by atoms with van der Waals surface area (Å²) in [6.07, 6.45) is 0. The van der Waals surface area contributed by atoms with Gasteiger partial charge in [0.2, 0.25) is 11.9 Å². The van der Waals surface area contributed by atoms with Crippen molar-refractivity contribution in [2.24, 2.45) is 0 Å². The van der Waals surface area contributed by atoms with Crippen molar-refractivity contribution in [3.05, 3.63) is 29.8 Å². The number of hydrogen-bond donors (Lipinski definition) is 1. The maximum absolute atomic E-state index is 13.5. The highest BCUT2D eigenvalue weighted by atomic mass is 32.2. The van der Waals surface area contributed by atoms with Gasteiger partial charge in [0.05, 0.1) is 4.90 Å². The van der Waals surface area contributed by atoms with Crippen molar-refractivity contribution in [2.75, 3.05) is 24.7 Å². The van der Waals surface area contributed by atoms with E-state index < -0.39 is 11.6 Å². The quantitative estimate of drug-likeness (QED) is 0.928. The van der Waals surface area contributed by atoms with Crippen LogP contribution >= 0.6 is 11.8 Å². The van der Waals surface area contributed by atoms with Gasteiger partial charge < -0.3 is 10.6 Å². The molecule has 0 aliphatic carbocycles. The molecule has 2 aromatic rings. The second kappa shape index (κ2) is 5.35. The molecule has 0 saturated heterocycles. The Morgan fingerprint density at radius 1 is 1.16 bits per heavy atom. The van der Waals surface area contributed by atoms with Gasteiger partial charge in [-0.3, -0.25) is 0 Å². The van der Waals surface area contributed by atoms with E-state index in [1.54, 1.807) is 19.0 Å². The van der Waals surface area contributed by atoms with Crippen LogP contribution in [0.25, 0.3) is 0 Å². The second-order valence-corrected chi connectivity index (χ2v) is 4.86. The summed E-state index contributed by atoms with van der Waals surface area (Å²) in [6, 6.07) is 3.18. The molecule has 0 amide bonds. The predicted molar refractivity (Wildman–Crippen MR) is 69.0 cm³/mol. The number of nitrogens with zero attached hydrogens (tertiary/aromatic N) is 4. The first-order chi connectivity index (χ1) is 8.95.